The molecular formula is C19H28N2O5S. The number of unbranched alkanes of at least 4 members (excludes halogenated alkanes) is 1. The number of anilines is 1. The average Bonchev–Trinajstić information content (AvgIpc) is 3.12. The first-order valence-electron chi connectivity index (χ1n) is 9.36. The largest absolute Gasteiger partial charge is 0.481 e. The van der Waals surface area contributed by atoms with Crippen molar-refractivity contribution in [2.24, 2.45) is 5.92 Å². The Balaban J connectivity index is 2.00. The maximum atomic E-state index is 12.6. The molecule has 2 atom stereocenters. The van der Waals surface area contributed by atoms with Crippen molar-refractivity contribution in [2.45, 2.75) is 52.0 Å². The molecule has 1 saturated heterocycles. The molecule has 0 bridgehead atoms. The van der Waals surface area contributed by atoms with Crippen molar-refractivity contribution in [1.29, 1.82) is 0 Å². The first kappa shape index (κ1) is 21.4. The van der Waals surface area contributed by atoms with E-state index in [-0.39, 0.29) is 11.7 Å². The number of nitrogens with one attached hydrogen (secondary N) is 1. The van der Waals surface area contributed by atoms with Crippen molar-refractivity contribution in [3.63, 3.8) is 0 Å². The number of sulfonamides is 1. The van der Waals surface area contributed by atoms with Gasteiger partial charge in [0.25, 0.3) is 0 Å². The van der Waals surface area contributed by atoms with E-state index in [2.05, 4.69) is 5.32 Å². The quantitative estimate of drug-likeness (QED) is 0.667. The number of hydrogen-bond donors (Lipinski definition) is 2. The molecule has 0 radical (unpaired) electrons. The van der Waals surface area contributed by atoms with Gasteiger partial charge in [0, 0.05) is 12.2 Å². The molecule has 1 aliphatic rings. The lowest BCUT2D eigenvalue weighted by atomic mass is 10.0. The summed E-state index contributed by atoms with van der Waals surface area (Å²) in [6, 6.07) is 6.32. The minimum Gasteiger partial charge on any atom is -0.481 e. The van der Waals surface area contributed by atoms with Gasteiger partial charge in [-0.2, -0.15) is 4.31 Å². The van der Waals surface area contributed by atoms with Crippen molar-refractivity contribution in [3.05, 3.63) is 29.8 Å². The van der Waals surface area contributed by atoms with Gasteiger partial charge in [0.2, 0.25) is 15.9 Å². The number of hydrogen-bond acceptors (Lipinski definition) is 4. The van der Waals surface area contributed by atoms with E-state index in [1.807, 2.05) is 6.92 Å². The summed E-state index contributed by atoms with van der Waals surface area (Å²) >= 11 is 0. The molecule has 7 nitrogen and oxygen atoms in total. The number of amides is 1. The zero-order chi connectivity index (χ0) is 20.0. The van der Waals surface area contributed by atoms with Gasteiger partial charge in [-0.1, -0.05) is 32.4 Å². The van der Waals surface area contributed by atoms with Crippen LogP contribution in [0.4, 0.5) is 5.69 Å². The molecule has 2 unspecified atom stereocenters. The molecule has 1 aromatic carbocycles. The second-order valence-electron chi connectivity index (χ2n) is 7.07. The Kier molecular flexibility index (Phi) is 7.38. The normalized spacial score (nSPS) is 19.0. The van der Waals surface area contributed by atoms with Crippen LogP contribution in [0.1, 0.15) is 45.1 Å². The lowest BCUT2D eigenvalue weighted by molar-refractivity contribution is -0.141. The van der Waals surface area contributed by atoms with Crippen LogP contribution in [0.2, 0.25) is 0 Å². The third-order valence-electron chi connectivity index (χ3n) is 4.80. The van der Waals surface area contributed by atoms with Gasteiger partial charge in [-0.25, -0.2) is 8.42 Å². The molecule has 1 amide bonds. The highest BCUT2D eigenvalue weighted by atomic mass is 32.2. The number of nitrogens with zero attached hydrogens (tertiary/aromatic N) is 1. The summed E-state index contributed by atoms with van der Waals surface area (Å²) in [7, 11) is -3.42. The Hall–Kier alpha value is -1.93. The van der Waals surface area contributed by atoms with E-state index < -0.39 is 28.0 Å². The number of carbonyl (C=O) groups excluding carboxylic acids is 1. The van der Waals surface area contributed by atoms with Gasteiger partial charge in [-0.15, -0.1) is 0 Å². The highest BCUT2D eigenvalue weighted by Crippen LogP contribution is 2.24. The molecule has 8 heteroatoms. The lowest BCUT2D eigenvalue weighted by Gasteiger charge is -2.23. The summed E-state index contributed by atoms with van der Waals surface area (Å²) < 4.78 is 26.3. The van der Waals surface area contributed by atoms with E-state index in [4.69, 9.17) is 5.11 Å². The molecule has 1 heterocycles. The number of aliphatic carboxylic acids is 1. The van der Waals surface area contributed by atoms with Crippen LogP contribution in [0.3, 0.4) is 0 Å². The van der Waals surface area contributed by atoms with Crippen molar-refractivity contribution >= 4 is 27.6 Å². The van der Waals surface area contributed by atoms with E-state index in [1.165, 1.54) is 4.31 Å². The fraction of sp³-hybridized carbons (Fsp3) is 0.579. The van der Waals surface area contributed by atoms with E-state index in [0.717, 1.165) is 12.0 Å². The average molecular weight is 397 g/mol. The molecule has 27 heavy (non-hydrogen) atoms. The minimum atomic E-state index is -3.42. The molecule has 1 fully saturated rings. The molecule has 150 valence electrons. The van der Waals surface area contributed by atoms with Crippen LogP contribution in [0.15, 0.2) is 24.3 Å². The maximum absolute atomic E-state index is 12.6. The molecule has 1 aromatic rings. The van der Waals surface area contributed by atoms with Crippen LogP contribution in [0.25, 0.3) is 0 Å². The van der Waals surface area contributed by atoms with Crippen molar-refractivity contribution in [2.75, 3.05) is 17.6 Å². The zero-order valence-electron chi connectivity index (χ0n) is 15.8. The van der Waals surface area contributed by atoms with Crippen LogP contribution in [-0.2, 0) is 26.0 Å². The number of rotatable bonds is 9. The predicted molar refractivity (Wildman–Crippen MR) is 104 cm³/mol. The standard InChI is InChI=1S/C19H28N2O5S/c1-3-4-12-27(25,26)21-11-5-6-17(21)18(22)20-16-9-7-15(8-10-16)13-14(2)19(23)24/h7-10,14,17H,3-6,11-13H2,1-2H3,(H,20,22)(H,23,24). The Morgan fingerprint density at radius 3 is 2.56 bits per heavy atom. The monoisotopic (exact) mass is 396 g/mol. The molecule has 0 saturated carbocycles. The molecular weight excluding hydrogens is 368 g/mol. The lowest BCUT2D eigenvalue weighted by Crippen LogP contribution is -2.44. The second kappa shape index (κ2) is 9.32. The minimum absolute atomic E-state index is 0.0732. The third kappa shape index (κ3) is 5.77. The number of carboxylic acid groups (broad SMARTS) is 1. The molecule has 2 N–H and O–H groups in total. The Morgan fingerprint density at radius 2 is 1.96 bits per heavy atom. The Bertz CT molecular complexity index is 761. The SMILES string of the molecule is CCCCS(=O)(=O)N1CCCC1C(=O)Nc1ccc(CC(C)C(=O)O)cc1. The van der Waals surface area contributed by atoms with E-state index in [1.54, 1.807) is 31.2 Å². The second-order valence-corrected chi connectivity index (χ2v) is 9.11. The van der Waals surface area contributed by atoms with Gasteiger partial charge >= 0.3 is 5.97 Å². The molecule has 0 aliphatic carbocycles. The number of carboxylic acids is 1. The fourth-order valence-corrected chi connectivity index (χ4v) is 5.05. The van der Waals surface area contributed by atoms with Gasteiger partial charge in [0.1, 0.15) is 6.04 Å². The Morgan fingerprint density at radius 1 is 1.30 bits per heavy atom. The summed E-state index contributed by atoms with van der Waals surface area (Å²) in [6.45, 7) is 3.96. The number of benzene rings is 1. The predicted octanol–water partition coefficient (Wildman–Crippen LogP) is 2.48. The highest BCUT2D eigenvalue weighted by molar-refractivity contribution is 7.89. The van der Waals surface area contributed by atoms with Crippen molar-refractivity contribution < 1.29 is 23.1 Å². The van der Waals surface area contributed by atoms with E-state index in [0.29, 0.717) is 37.9 Å². The molecule has 2 rings (SSSR count). The smallest absolute Gasteiger partial charge is 0.306 e. The summed E-state index contributed by atoms with van der Waals surface area (Å²) in [5, 5.41) is 11.8. The first-order chi connectivity index (χ1) is 12.7. The zero-order valence-corrected chi connectivity index (χ0v) is 16.7. The summed E-state index contributed by atoms with van der Waals surface area (Å²) in [5.74, 6) is -1.58. The first-order valence-corrected chi connectivity index (χ1v) is 11.0. The van der Waals surface area contributed by atoms with E-state index >= 15 is 0 Å². The van der Waals surface area contributed by atoms with Gasteiger partial charge in [0.15, 0.2) is 0 Å². The van der Waals surface area contributed by atoms with Crippen LogP contribution in [0, 0.1) is 5.92 Å². The summed E-state index contributed by atoms with van der Waals surface area (Å²) in [4.78, 5) is 23.5. The number of carbonyl (C=O) groups is 2. The van der Waals surface area contributed by atoms with Gasteiger partial charge in [0.05, 0.1) is 11.7 Å². The van der Waals surface area contributed by atoms with Crippen LogP contribution < -0.4 is 5.32 Å². The van der Waals surface area contributed by atoms with Gasteiger partial charge in [-0.3, -0.25) is 9.59 Å². The highest BCUT2D eigenvalue weighted by Gasteiger charge is 2.38. The van der Waals surface area contributed by atoms with Crippen molar-refractivity contribution in [3.8, 4) is 0 Å². The summed E-state index contributed by atoms with van der Waals surface area (Å²) in [5.41, 5.74) is 1.44. The maximum Gasteiger partial charge on any atom is 0.306 e. The molecule has 1 aliphatic heterocycles. The molecule has 0 aromatic heterocycles. The van der Waals surface area contributed by atoms with Crippen LogP contribution in [0.5, 0.6) is 0 Å². The summed E-state index contributed by atoms with van der Waals surface area (Å²) in [6.07, 6.45) is 2.98. The van der Waals surface area contributed by atoms with Crippen molar-refractivity contribution in [1.82, 2.24) is 4.31 Å². The van der Waals surface area contributed by atoms with Gasteiger partial charge in [-0.05, 0) is 43.4 Å². The third-order valence-corrected chi connectivity index (χ3v) is 6.76. The Labute approximate surface area is 160 Å². The molecule has 0 spiro atoms. The topological polar surface area (TPSA) is 104 Å². The van der Waals surface area contributed by atoms with Crippen LogP contribution in [-0.4, -0.2) is 48.0 Å². The van der Waals surface area contributed by atoms with E-state index in [9.17, 15) is 18.0 Å². The van der Waals surface area contributed by atoms with Gasteiger partial charge < -0.3 is 10.4 Å². The fourth-order valence-electron chi connectivity index (χ4n) is 3.17. The van der Waals surface area contributed by atoms with Crippen LogP contribution >= 0.6 is 0 Å².